The molecule has 16 heavy (non-hydrogen) atoms. The van der Waals surface area contributed by atoms with Crippen LogP contribution in [0.25, 0.3) is 10.2 Å². The summed E-state index contributed by atoms with van der Waals surface area (Å²) in [6.45, 7) is 6.88. The van der Waals surface area contributed by atoms with Gasteiger partial charge in [0.1, 0.15) is 17.0 Å². The molecule has 0 amide bonds. The van der Waals surface area contributed by atoms with Crippen molar-refractivity contribution in [3.63, 3.8) is 0 Å². The van der Waals surface area contributed by atoms with Gasteiger partial charge in [-0.3, -0.25) is 0 Å². The molecular formula is C11H14ClN3S. The Morgan fingerprint density at radius 1 is 1.44 bits per heavy atom. The minimum absolute atomic E-state index is 0.0880. The molecule has 1 unspecified atom stereocenters. The Morgan fingerprint density at radius 2 is 2.19 bits per heavy atom. The number of rotatable bonds is 3. The lowest BCUT2D eigenvalue weighted by Gasteiger charge is -2.08. The Bertz CT molecular complexity index is 507. The largest absolute Gasteiger partial charge is 0.368 e. The topological polar surface area (TPSA) is 37.8 Å². The second kappa shape index (κ2) is 4.55. The van der Waals surface area contributed by atoms with Gasteiger partial charge in [0.15, 0.2) is 0 Å². The van der Waals surface area contributed by atoms with E-state index < -0.39 is 0 Å². The quantitative estimate of drug-likeness (QED) is 0.855. The fraction of sp³-hybridized carbons (Fsp3) is 0.455. The van der Waals surface area contributed by atoms with E-state index in [9.17, 15) is 0 Å². The lowest BCUT2D eigenvalue weighted by Crippen LogP contribution is -2.11. The fourth-order valence-electron chi connectivity index (χ4n) is 1.55. The monoisotopic (exact) mass is 255 g/mol. The van der Waals surface area contributed by atoms with Gasteiger partial charge in [-0.2, -0.15) is 0 Å². The highest BCUT2D eigenvalue weighted by Gasteiger charge is 2.11. The molecule has 1 atom stereocenters. The lowest BCUT2D eigenvalue weighted by molar-refractivity contribution is 0.978. The zero-order chi connectivity index (χ0) is 11.7. The molecule has 0 bridgehead atoms. The van der Waals surface area contributed by atoms with Crippen molar-refractivity contribution in [1.82, 2.24) is 9.97 Å². The Hall–Kier alpha value is -0.870. The van der Waals surface area contributed by atoms with Crippen LogP contribution in [0.4, 0.5) is 5.82 Å². The molecule has 0 aliphatic carbocycles. The van der Waals surface area contributed by atoms with E-state index in [0.717, 1.165) is 16.0 Å². The standard InChI is InChI=1S/C11H14ClN3S/c1-6(12)4-13-10-9-7(2)8(3)16-11(9)15-5-14-10/h5-6H,4H2,1-3H3,(H,13,14,15). The highest BCUT2D eigenvalue weighted by Crippen LogP contribution is 2.32. The number of aryl methyl sites for hydroxylation is 2. The molecule has 0 aliphatic heterocycles. The van der Waals surface area contributed by atoms with Gasteiger partial charge in [0.2, 0.25) is 0 Å². The number of fused-ring (bicyclic) bond motifs is 1. The molecule has 2 aromatic heterocycles. The molecule has 2 rings (SSSR count). The molecule has 0 radical (unpaired) electrons. The van der Waals surface area contributed by atoms with E-state index >= 15 is 0 Å². The molecule has 0 saturated heterocycles. The molecule has 0 saturated carbocycles. The average molecular weight is 256 g/mol. The second-order valence-corrected chi connectivity index (χ2v) is 5.80. The zero-order valence-electron chi connectivity index (χ0n) is 9.54. The maximum Gasteiger partial charge on any atom is 0.138 e. The maximum atomic E-state index is 5.92. The predicted molar refractivity (Wildman–Crippen MR) is 70.7 cm³/mol. The summed E-state index contributed by atoms with van der Waals surface area (Å²) in [6.07, 6.45) is 1.60. The van der Waals surface area contributed by atoms with E-state index in [1.165, 1.54) is 10.4 Å². The Morgan fingerprint density at radius 3 is 2.88 bits per heavy atom. The van der Waals surface area contributed by atoms with E-state index in [0.29, 0.717) is 6.54 Å². The first-order chi connectivity index (χ1) is 7.59. The van der Waals surface area contributed by atoms with E-state index in [4.69, 9.17) is 11.6 Å². The van der Waals surface area contributed by atoms with Crippen molar-refractivity contribution in [2.45, 2.75) is 26.1 Å². The van der Waals surface area contributed by atoms with Gasteiger partial charge in [0, 0.05) is 16.8 Å². The van der Waals surface area contributed by atoms with Gasteiger partial charge in [-0.05, 0) is 26.3 Å². The lowest BCUT2D eigenvalue weighted by atomic mass is 10.2. The van der Waals surface area contributed by atoms with E-state index in [-0.39, 0.29) is 5.38 Å². The van der Waals surface area contributed by atoms with Crippen LogP contribution >= 0.6 is 22.9 Å². The number of nitrogens with one attached hydrogen (secondary N) is 1. The number of thiophene rings is 1. The maximum absolute atomic E-state index is 5.92. The summed E-state index contributed by atoms with van der Waals surface area (Å²) >= 11 is 7.62. The summed E-state index contributed by atoms with van der Waals surface area (Å²) in [5, 5.41) is 4.48. The van der Waals surface area contributed by atoms with Crippen LogP contribution < -0.4 is 5.32 Å². The Kier molecular flexibility index (Phi) is 3.30. The number of anilines is 1. The van der Waals surface area contributed by atoms with Crippen LogP contribution in [-0.4, -0.2) is 21.9 Å². The molecule has 2 aromatic rings. The second-order valence-electron chi connectivity index (χ2n) is 3.85. The van der Waals surface area contributed by atoms with Gasteiger partial charge < -0.3 is 5.32 Å². The molecular weight excluding hydrogens is 242 g/mol. The first-order valence-corrected chi connectivity index (χ1v) is 6.43. The van der Waals surface area contributed by atoms with Crippen molar-refractivity contribution < 1.29 is 0 Å². The molecule has 2 heterocycles. The smallest absolute Gasteiger partial charge is 0.138 e. The molecule has 0 fully saturated rings. The molecule has 86 valence electrons. The molecule has 0 aliphatic rings. The van der Waals surface area contributed by atoms with E-state index in [1.807, 2.05) is 6.92 Å². The SMILES string of the molecule is Cc1sc2ncnc(NCC(C)Cl)c2c1C. The summed E-state index contributed by atoms with van der Waals surface area (Å²) < 4.78 is 0. The fourth-order valence-corrected chi connectivity index (χ4v) is 2.63. The third kappa shape index (κ3) is 2.13. The summed E-state index contributed by atoms with van der Waals surface area (Å²) in [5.74, 6) is 0.888. The molecule has 1 N–H and O–H groups in total. The van der Waals surface area contributed by atoms with Crippen molar-refractivity contribution in [1.29, 1.82) is 0 Å². The van der Waals surface area contributed by atoms with Gasteiger partial charge in [0.25, 0.3) is 0 Å². The molecule has 3 nitrogen and oxygen atoms in total. The number of hydrogen-bond donors (Lipinski definition) is 1. The van der Waals surface area contributed by atoms with Crippen LogP contribution in [0.3, 0.4) is 0 Å². The predicted octanol–water partition coefficient (Wildman–Crippen LogP) is 3.35. The van der Waals surface area contributed by atoms with Crippen LogP contribution in [0.5, 0.6) is 0 Å². The third-order valence-electron chi connectivity index (χ3n) is 2.52. The van der Waals surface area contributed by atoms with Gasteiger partial charge in [-0.25, -0.2) is 9.97 Å². The summed E-state index contributed by atoms with van der Waals surface area (Å²) in [4.78, 5) is 10.9. The average Bonchev–Trinajstić information content (AvgIpc) is 2.52. The summed E-state index contributed by atoms with van der Waals surface area (Å²) in [7, 11) is 0. The zero-order valence-corrected chi connectivity index (χ0v) is 11.1. The van der Waals surface area contributed by atoms with E-state index in [2.05, 4.69) is 29.1 Å². The molecule has 0 aromatic carbocycles. The molecule has 0 spiro atoms. The number of hydrogen-bond acceptors (Lipinski definition) is 4. The summed E-state index contributed by atoms with van der Waals surface area (Å²) in [6, 6.07) is 0. The van der Waals surface area contributed by atoms with Crippen molar-refractivity contribution >= 4 is 39.0 Å². The normalized spacial score (nSPS) is 13.0. The van der Waals surface area contributed by atoms with Crippen molar-refractivity contribution in [2.75, 3.05) is 11.9 Å². The first-order valence-electron chi connectivity index (χ1n) is 5.18. The number of aromatic nitrogens is 2. The Labute approximate surface area is 104 Å². The van der Waals surface area contributed by atoms with Crippen molar-refractivity contribution in [2.24, 2.45) is 0 Å². The van der Waals surface area contributed by atoms with Crippen LogP contribution in [0.2, 0.25) is 0 Å². The van der Waals surface area contributed by atoms with Gasteiger partial charge in [-0.15, -0.1) is 22.9 Å². The first kappa shape index (κ1) is 11.6. The van der Waals surface area contributed by atoms with Crippen molar-refractivity contribution in [3.05, 3.63) is 16.8 Å². The van der Waals surface area contributed by atoms with Gasteiger partial charge in [-0.1, -0.05) is 0 Å². The van der Waals surface area contributed by atoms with Crippen molar-refractivity contribution in [3.8, 4) is 0 Å². The molecule has 5 heteroatoms. The van der Waals surface area contributed by atoms with Gasteiger partial charge >= 0.3 is 0 Å². The third-order valence-corrected chi connectivity index (χ3v) is 3.79. The van der Waals surface area contributed by atoms with E-state index in [1.54, 1.807) is 17.7 Å². The van der Waals surface area contributed by atoms with Crippen LogP contribution in [0.1, 0.15) is 17.4 Å². The highest BCUT2D eigenvalue weighted by atomic mass is 35.5. The number of halogens is 1. The highest BCUT2D eigenvalue weighted by molar-refractivity contribution is 7.18. The van der Waals surface area contributed by atoms with Crippen LogP contribution in [0, 0.1) is 13.8 Å². The minimum atomic E-state index is 0.0880. The summed E-state index contributed by atoms with van der Waals surface area (Å²) in [5.41, 5.74) is 1.25. The minimum Gasteiger partial charge on any atom is -0.368 e. The van der Waals surface area contributed by atoms with Gasteiger partial charge in [0.05, 0.1) is 5.39 Å². The number of alkyl halides is 1. The van der Waals surface area contributed by atoms with Crippen LogP contribution in [-0.2, 0) is 0 Å². The number of nitrogens with zero attached hydrogens (tertiary/aromatic N) is 2. The van der Waals surface area contributed by atoms with Crippen LogP contribution in [0.15, 0.2) is 6.33 Å². The Balaban J connectivity index is 2.44.